The van der Waals surface area contributed by atoms with E-state index in [1.54, 1.807) is 12.0 Å². The monoisotopic (exact) mass is 373 g/mol. The van der Waals surface area contributed by atoms with E-state index in [1.165, 1.54) is 0 Å². The van der Waals surface area contributed by atoms with E-state index in [1.807, 2.05) is 30.9 Å². The van der Waals surface area contributed by atoms with Crippen molar-refractivity contribution in [2.75, 3.05) is 33.3 Å². The largest absolute Gasteiger partial charge is 0.496 e. The van der Waals surface area contributed by atoms with Gasteiger partial charge in [-0.15, -0.1) is 0 Å². The van der Waals surface area contributed by atoms with Crippen molar-refractivity contribution in [2.45, 2.75) is 39.2 Å². The molecule has 0 radical (unpaired) electrons. The van der Waals surface area contributed by atoms with Crippen molar-refractivity contribution in [1.29, 1.82) is 0 Å². The average molecular weight is 373 g/mol. The van der Waals surface area contributed by atoms with Crippen LogP contribution in [0.4, 0.5) is 0 Å². The molecule has 27 heavy (non-hydrogen) atoms. The van der Waals surface area contributed by atoms with Crippen molar-refractivity contribution in [3.8, 4) is 5.75 Å². The summed E-state index contributed by atoms with van der Waals surface area (Å²) in [6.07, 6.45) is 1.33. The molecule has 0 aromatic heterocycles. The molecule has 2 heterocycles. The van der Waals surface area contributed by atoms with Gasteiger partial charge in [-0.05, 0) is 43.0 Å². The van der Waals surface area contributed by atoms with Gasteiger partial charge in [-0.25, -0.2) is 0 Å². The number of carbonyl (C=O) groups excluding carboxylic acids is 3. The van der Waals surface area contributed by atoms with Crippen LogP contribution in [-0.2, 0) is 20.8 Å². The Kier molecular flexibility index (Phi) is 5.68. The molecule has 0 bridgehead atoms. The minimum absolute atomic E-state index is 0.0328. The lowest BCUT2D eigenvalue weighted by Gasteiger charge is -2.36. The number of ether oxygens (including phenoxy) is 1. The van der Waals surface area contributed by atoms with Gasteiger partial charge in [-0.2, -0.15) is 0 Å². The Labute approximate surface area is 159 Å². The molecular formula is C20H27N3O4. The Balaban J connectivity index is 1.55. The lowest BCUT2D eigenvalue weighted by molar-refractivity contribution is -0.140. The number of nitrogens with one attached hydrogen (secondary N) is 1. The first kappa shape index (κ1) is 19.2. The molecule has 0 spiro atoms. The molecule has 0 saturated carbocycles. The van der Waals surface area contributed by atoms with Gasteiger partial charge in [-0.3, -0.25) is 14.4 Å². The number of nitrogens with zero attached hydrogens (tertiary/aromatic N) is 2. The number of amides is 3. The van der Waals surface area contributed by atoms with Gasteiger partial charge >= 0.3 is 0 Å². The summed E-state index contributed by atoms with van der Waals surface area (Å²) >= 11 is 0. The summed E-state index contributed by atoms with van der Waals surface area (Å²) in [6.45, 7) is 6.03. The minimum atomic E-state index is -0.398. The van der Waals surface area contributed by atoms with Gasteiger partial charge in [0, 0.05) is 32.6 Å². The van der Waals surface area contributed by atoms with Crippen molar-refractivity contribution in [3.05, 3.63) is 28.8 Å². The first-order valence-corrected chi connectivity index (χ1v) is 9.39. The molecule has 7 heteroatoms. The van der Waals surface area contributed by atoms with E-state index >= 15 is 0 Å². The minimum Gasteiger partial charge on any atom is -0.496 e. The molecular weight excluding hydrogens is 346 g/mol. The number of methoxy groups -OCH3 is 1. The van der Waals surface area contributed by atoms with Crippen LogP contribution in [0.5, 0.6) is 5.75 Å². The van der Waals surface area contributed by atoms with E-state index in [0.717, 1.165) is 22.4 Å². The number of rotatable bonds is 4. The molecule has 2 aliphatic heterocycles. The third kappa shape index (κ3) is 4.23. The number of hydrogen-bond donors (Lipinski definition) is 1. The van der Waals surface area contributed by atoms with Gasteiger partial charge in [0.25, 0.3) is 0 Å². The quantitative estimate of drug-likeness (QED) is 0.847. The molecule has 0 aliphatic carbocycles. The lowest BCUT2D eigenvalue weighted by atomic mass is 10.0. The smallest absolute Gasteiger partial charge is 0.245 e. The zero-order valence-corrected chi connectivity index (χ0v) is 16.2. The topological polar surface area (TPSA) is 79.0 Å². The maximum atomic E-state index is 12.7. The summed E-state index contributed by atoms with van der Waals surface area (Å²) in [7, 11) is 1.64. The fraction of sp³-hybridized carbons (Fsp3) is 0.550. The Morgan fingerprint density at radius 1 is 1.11 bits per heavy atom. The SMILES string of the molecule is COc1cc(C)c(CC(=O)N2CCN(C(=O)C3CCC(=O)N3)CC2)cc1C. The van der Waals surface area contributed by atoms with Gasteiger partial charge in [-0.1, -0.05) is 6.07 Å². The molecule has 1 aromatic rings. The van der Waals surface area contributed by atoms with Crippen LogP contribution >= 0.6 is 0 Å². The van der Waals surface area contributed by atoms with Gasteiger partial charge in [0.05, 0.1) is 13.5 Å². The van der Waals surface area contributed by atoms with Crippen LogP contribution in [-0.4, -0.2) is 66.9 Å². The van der Waals surface area contributed by atoms with E-state index in [0.29, 0.717) is 45.4 Å². The van der Waals surface area contributed by atoms with Gasteiger partial charge < -0.3 is 19.9 Å². The van der Waals surface area contributed by atoms with Crippen LogP contribution in [0.3, 0.4) is 0 Å². The molecule has 2 fully saturated rings. The van der Waals surface area contributed by atoms with E-state index in [-0.39, 0.29) is 17.7 Å². The number of aryl methyl sites for hydroxylation is 2. The summed E-state index contributed by atoms with van der Waals surface area (Å²) in [6, 6.07) is 3.57. The third-order valence-corrected chi connectivity index (χ3v) is 5.43. The third-order valence-electron chi connectivity index (χ3n) is 5.43. The predicted molar refractivity (Wildman–Crippen MR) is 100 cm³/mol. The van der Waals surface area contributed by atoms with E-state index in [2.05, 4.69) is 5.32 Å². The van der Waals surface area contributed by atoms with Crippen LogP contribution in [0.1, 0.15) is 29.5 Å². The predicted octanol–water partition coefficient (Wildman–Crippen LogP) is 0.804. The van der Waals surface area contributed by atoms with Gasteiger partial charge in [0.2, 0.25) is 17.7 Å². The molecule has 2 saturated heterocycles. The highest BCUT2D eigenvalue weighted by Crippen LogP contribution is 2.23. The Morgan fingerprint density at radius 2 is 1.78 bits per heavy atom. The average Bonchev–Trinajstić information content (AvgIpc) is 3.10. The zero-order chi connectivity index (χ0) is 19.6. The Morgan fingerprint density at radius 3 is 2.37 bits per heavy atom. The number of hydrogen-bond acceptors (Lipinski definition) is 4. The van der Waals surface area contributed by atoms with E-state index in [9.17, 15) is 14.4 Å². The van der Waals surface area contributed by atoms with Crippen LogP contribution in [0.25, 0.3) is 0 Å². The second kappa shape index (κ2) is 7.98. The summed E-state index contributed by atoms with van der Waals surface area (Å²) < 4.78 is 5.33. The molecule has 1 atom stereocenters. The highest BCUT2D eigenvalue weighted by atomic mass is 16.5. The molecule has 3 rings (SSSR count). The number of carbonyl (C=O) groups is 3. The Bertz CT molecular complexity index is 754. The standard InChI is InChI=1S/C20H27N3O4/c1-13-11-17(27-3)14(2)10-15(13)12-19(25)22-6-8-23(9-7-22)20(26)16-4-5-18(24)21-16/h10-11,16H,4-9,12H2,1-3H3,(H,21,24). The van der Waals surface area contributed by atoms with Crippen molar-refractivity contribution >= 4 is 17.7 Å². The second-order valence-corrected chi connectivity index (χ2v) is 7.29. The van der Waals surface area contributed by atoms with Crippen molar-refractivity contribution < 1.29 is 19.1 Å². The van der Waals surface area contributed by atoms with Crippen LogP contribution < -0.4 is 10.1 Å². The summed E-state index contributed by atoms with van der Waals surface area (Å²) in [5.41, 5.74) is 3.06. The molecule has 3 amide bonds. The fourth-order valence-electron chi connectivity index (χ4n) is 3.73. The number of piperazine rings is 1. The van der Waals surface area contributed by atoms with Crippen LogP contribution in [0.15, 0.2) is 12.1 Å². The van der Waals surface area contributed by atoms with Crippen molar-refractivity contribution in [1.82, 2.24) is 15.1 Å². The van der Waals surface area contributed by atoms with Crippen LogP contribution in [0, 0.1) is 13.8 Å². The molecule has 1 unspecified atom stereocenters. The van der Waals surface area contributed by atoms with Crippen molar-refractivity contribution in [2.24, 2.45) is 0 Å². The highest BCUT2D eigenvalue weighted by molar-refractivity contribution is 5.91. The molecule has 146 valence electrons. The summed E-state index contributed by atoms with van der Waals surface area (Å²) in [4.78, 5) is 40.0. The highest BCUT2D eigenvalue weighted by Gasteiger charge is 2.33. The molecule has 1 N–H and O–H groups in total. The zero-order valence-electron chi connectivity index (χ0n) is 16.2. The maximum absolute atomic E-state index is 12.7. The molecule has 7 nitrogen and oxygen atoms in total. The Hall–Kier alpha value is -2.57. The van der Waals surface area contributed by atoms with Gasteiger partial charge in [0.1, 0.15) is 11.8 Å². The normalized spacial score (nSPS) is 19.8. The van der Waals surface area contributed by atoms with Crippen molar-refractivity contribution in [3.63, 3.8) is 0 Å². The first-order chi connectivity index (χ1) is 12.9. The molecule has 2 aliphatic rings. The number of benzene rings is 1. The maximum Gasteiger partial charge on any atom is 0.245 e. The lowest BCUT2D eigenvalue weighted by Crippen LogP contribution is -2.54. The first-order valence-electron chi connectivity index (χ1n) is 9.39. The second-order valence-electron chi connectivity index (χ2n) is 7.29. The fourth-order valence-corrected chi connectivity index (χ4v) is 3.73. The summed E-state index contributed by atoms with van der Waals surface area (Å²) in [5, 5.41) is 2.72. The van der Waals surface area contributed by atoms with Crippen LogP contribution in [0.2, 0.25) is 0 Å². The van der Waals surface area contributed by atoms with Gasteiger partial charge in [0.15, 0.2) is 0 Å². The molecule has 1 aromatic carbocycles. The summed E-state index contributed by atoms with van der Waals surface area (Å²) in [5.74, 6) is 0.806. The van der Waals surface area contributed by atoms with E-state index in [4.69, 9.17) is 4.74 Å². The van der Waals surface area contributed by atoms with E-state index < -0.39 is 6.04 Å².